The van der Waals surface area contributed by atoms with E-state index in [9.17, 15) is 4.79 Å². The summed E-state index contributed by atoms with van der Waals surface area (Å²) in [6, 6.07) is 16.0. The quantitative estimate of drug-likeness (QED) is 0.778. The van der Waals surface area contributed by atoms with E-state index in [1.54, 1.807) is 0 Å². The van der Waals surface area contributed by atoms with Gasteiger partial charge in [0.2, 0.25) is 5.91 Å². The third-order valence-electron chi connectivity index (χ3n) is 6.29. The third-order valence-corrected chi connectivity index (χ3v) is 6.62. The zero-order valence-corrected chi connectivity index (χ0v) is 18.2. The summed E-state index contributed by atoms with van der Waals surface area (Å²) < 4.78 is 11.0. The minimum Gasteiger partial charge on any atom is -0.381 e. The first-order chi connectivity index (χ1) is 14.6. The Morgan fingerprint density at radius 2 is 1.63 bits per heavy atom. The SMILES string of the molecule is CC(NC(=O)C1(c2ccccc2Cl)CCOCC1)c1ccc(N2CCOCC2)cc1. The average Bonchev–Trinajstić information content (AvgIpc) is 2.80. The molecule has 5 nitrogen and oxygen atoms in total. The molecule has 6 heteroatoms. The molecule has 30 heavy (non-hydrogen) atoms. The summed E-state index contributed by atoms with van der Waals surface area (Å²) >= 11 is 6.50. The van der Waals surface area contributed by atoms with Gasteiger partial charge >= 0.3 is 0 Å². The molecule has 1 unspecified atom stereocenters. The van der Waals surface area contributed by atoms with Gasteiger partial charge < -0.3 is 19.7 Å². The number of benzene rings is 2. The molecule has 2 aromatic rings. The maximum absolute atomic E-state index is 13.5. The lowest BCUT2D eigenvalue weighted by atomic mass is 9.73. The van der Waals surface area contributed by atoms with E-state index in [0.29, 0.717) is 31.1 Å². The highest BCUT2D eigenvalue weighted by Gasteiger charge is 2.43. The second-order valence-corrected chi connectivity index (χ2v) is 8.47. The maximum atomic E-state index is 13.5. The van der Waals surface area contributed by atoms with Crippen molar-refractivity contribution in [3.8, 4) is 0 Å². The molecule has 2 aromatic carbocycles. The van der Waals surface area contributed by atoms with Gasteiger partial charge in [-0.15, -0.1) is 0 Å². The first-order valence-electron chi connectivity index (χ1n) is 10.7. The van der Waals surface area contributed by atoms with Crippen molar-refractivity contribution in [1.82, 2.24) is 5.32 Å². The van der Waals surface area contributed by atoms with E-state index in [1.165, 1.54) is 5.69 Å². The van der Waals surface area contributed by atoms with Crippen molar-refractivity contribution < 1.29 is 14.3 Å². The van der Waals surface area contributed by atoms with Crippen LogP contribution in [-0.4, -0.2) is 45.4 Å². The molecule has 4 rings (SSSR count). The standard InChI is InChI=1S/C24H29ClN2O3/c1-18(19-6-8-20(9-7-19)27-12-16-30-17-13-27)26-23(28)24(10-14-29-15-11-24)21-4-2-3-5-22(21)25/h2-9,18H,10-17H2,1H3,(H,26,28). The first-order valence-corrected chi connectivity index (χ1v) is 11.0. The van der Waals surface area contributed by atoms with Crippen molar-refractivity contribution in [3.05, 3.63) is 64.7 Å². The summed E-state index contributed by atoms with van der Waals surface area (Å²) in [5.74, 6) is 0.0173. The minimum atomic E-state index is -0.654. The topological polar surface area (TPSA) is 50.8 Å². The molecule has 1 atom stereocenters. The number of morpholine rings is 1. The molecule has 0 aliphatic carbocycles. The molecule has 2 aliphatic rings. The minimum absolute atomic E-state index is 0.0173. The molecule has 1 amide bonds. The molecule has 2 fully saturated rings. The Balaban J connectivity index is 1.50. The van der Waals surface area contributed by atoms with E-state index in [2.05, 4.69) is 34.5 Å². The normalized spacial score (nSPS) is 19.9. The fraction of sp³-hybridized carbons (Fsp3) is 0.458. The summed E-state index contributed by atoms with van der Waals surface area (Å²) in [5, 5.41) is 3.88. The fourth-order valence-electron chi connectivity index (χ4n) is 4.40. The smallest absolute Gasteiger partial charge is 0.231 e. The zero-order valence-electron chi connectivity index (χ0n) is 17.4. The van der Waals surface area contributed by atoms with Gasteiger partial charge in [-0.2, -0.15) is 0 Å². The van der Waals surface area contributed by atoms with Gasteiger partial charge in [-0.25, -0.2) is 0 Å². The largest absolute Gasteiger partial charge is 0.381 e. The third kappa shape index (κ3) is 4.34. The van der Waals surface area contributed by atoms with E-state index in [4.69, 9.17) is 21.1 Å². The first kappa shape index (κ1) is 21.2. The zero-order chi connectivity index (χ0) is 21.0. The van der Waals surface area contributed by atoms with Crippen molar-refractivity contribution in [2.75, 3.05) is 44.4 Å². The second-order valence-electron chi connectivity index (χ2n) is 8.06. The second kappa shape index (κ2) is 9.38. The van der Waals surface area contributed by atoms with Crippen LogP contribution in [0, 0.1) is 0 Å². The molecule has 1 N–H and O–H groups in total. The van der Waals surface area contributed by atoms with E-state index in [-0.39, 0.29) is 11.9 Å². The van der Waals surface area contributed by atoms with Gasteiger partial charge in [0.1, 0.15) is 0 Å². The van der Waals surface area contributed by atoms with Crippen molar-refractivity contribution in [2.45, 2.75) is 31.2 Å². The van der Waals surface area contributed by atoms with Gasteiger partial charge in [0.15, 0.2) is 0 Å². The van der Waals surface area contributed by atoms with Crippen LogP contribution in [0.1, 0.15) is 36.9 Å². The summed E-state index contributed by atoms with van der Waals surface area (Å²) in [4.78, 5) is 15.8. The number of nitrogens with zero attached hydrogens (tertiary/aromatic N) is 1. The molecule has 0 radical (unpaired) electrons. The maximum Gasteiger partial charge on any atom is 0.231 e. The summed E-state index contributed by atoms with van der Waals surface area (Å²) in [5.41, 5.74) is 2.51. The Morgan fingerprint density at radius 3 is 2.30 bits per heavy atom. The predicted molar refractivity (Wildman–Crippen MR) is 119 cm³/mol. The molecule has 0 aromatic heterocycles. The fourth-order valence-corrected chi connectivity index (χ4v) is 4.72. The lowest BCUT2D eigenvalue weighted by Gasteiger charge is -2.37. The predicted octanol–water partition coefficient (Wildman–Crippen LogP) is 4.10. The van der Waals surface area contributed by atoms with Crippen LogP contribution in [0.5, 0.6) is 0 Å². The van der Waals surface area contributed by atoms with Gasteiger partial charge in [-0.05, 0) is 49.1 Å². The highest BCUT2D eigenvalue weighted by molar-refractivity contribution is 6.31. The van der Waals surface area contributed by atoms with Crippen LogP contribution in [0.2, 0.25) is 5.02 Å². The van der Waals surface area contributed by atoms with E-state index in [1.807, 2.05) is 31.2 Å². The van der Waals surface area contributed by atoms with Crippen LogP contribution in [-0.2, 0) is 19.7 Å². The number of hydrogen-bond acceptors (Lipinski definition) is 4. The van der Waals surface area contributed by atoms with Crippen molar-refractivity contribution >= 4 is 23.2 Å². The molecule has 2 aliphatic heterocycles. The van der Waals surface area contributed by atoms with Crippen LogP contribution in [0.15, 0.2) is 48.5 Å². The molecule has 0 bridgehead atoms. The summed E-state index contributed by atoms with van der Waals surface area (Å²) in [7, 11) is 0. The monoisotopic (exact) mass is 428 g/mol. The van der Waals surface area contributed by atoms with Crippen LogP contribution >= 0.6 is 11.6 Å². The Morgan fingerprint density at radius 1 is 1.00 bits per heavy atom. The van der Waals surface area contributed by atoms with Crippen molar-refractivity contribution in [3.63, 3.8) is 0 Å². The summed E-state index contributed by atoms with van der Waals surface area (Å²) in [6.07, 6.45) is 1.26. The van der Waals surface area contributed by atoms with Gasteiger partial charge in [0, 0.05) is 37.0 Å². The molecule has 2 heterocycles. The number of halogens is 1. The van der Waals surface area contributed by atoms with Gasteiger partial charge in [0.05, 0.1) is 24.7 Å². The number of anilines is 1. The van der Waals surface area contributed by atoms with Gasteiger partial charge in [-0.1, -0.05) is 41.9 Å². The molecular formula is C24H29ClN2O3. The van der Waals surface area contributed by atoms with Crippen molar-refractivity contribution in [2.24, 2.45) is 0 Å². The van der Waals surface area contributed by atoms with Gasteiger partial charge in [-0.3, -0.25) is 4.79 Å². The van der Waals surface area contributed by atoms with Crippen LogP contribution in [0.3, 0.4) is 0 Å². The number of rotatable bonds is 5. The molecule has 2 saturated heterocycles. The number of hydrogen-bond donors (Lipinski definition) is 1. The van der Waals surface area contributed by atoms with Gasteiger partial charge in [0.25, 0.3) is 0 Å². The molecule has 160 valence electrons. The Bertz CT molecular complexity index is 859. The van der Waals surface area contributed by atoms with Crippen LogP contribution in [0.25, 0.3) is 0 Å². The van der Waals surface area contributed by atoms with E-state index >= 15 is 0 Å². The highest BCUT2D eigenvalue weighted by atomic mass is 35.5. The summed E-state index contributed by atoms with van der Waals surface area (Å²) in [6.45, 7) is 6.50. The number of ether oxygens (including phenoxy) is 2. The molecular weight excluding hydrogens is 400 g/mol. The number of amides is 1. The van der Waals surface area contributed by atoms with Crippen LogP contribution < -0.4 is 10.2 Å². The van der Waals surface area contributed by atoms with E-state index < -0.39 is 5.41 Å². The Hall–Kier alpha value is -2.08. The van der Waals surface area contributed by atoms with Crippen LogP contribution in [0.4, 0.5) is 5.69 Å². The number of nitrogens with one attached hydrogen (secondary N) is 1. The average molecular weight is 429 g/mol. The lowest BCUT2D eigenvalue weighted by Crippen LogP contribution is -2.48. The molecule has 0 spiro atoms. The lowest BCUT2D eigenvalue weighted by molar-refractivity contribution is -0.131. The number of carbonyl (C=O) groups excluding carboxylic acids is 1. The highest BCUT2D eigenvalue weighted by Crippen LogP contribution is 2.39. The van der Waals surface area contributed by atoms with E-state index in [0.717, 1.165) is 37.4 Å². The van der Waals surface area contributed by atoms with Crippen molar-refractivity contribution in [1.29, 1.82) is 0 Å². The Kier molecular flexibility index (Phi) is 6.61. The molecule has 0 saturated carbocycles. The Labute approximate surface area is 183 Å². The number of carbonyl (C=O) groups is 1.